The molecule has 1 atom stereocenters. The molecule has 0 saturated heterocycles. The molecular formula is C16H19N5O3S. The maximum absolute atomic E-state index is 12.0. The fourth-order valence-corrected chi connectivity index (χ4v) is 4.32. The SMILES string of the molecule is COCCCS(=O)(=O)NC1C=C(n2cnc3cnc4[nH]ccc4c32)C1. The van der Waals surface area contributed by atoms with Crippen LogP contribution in [0.3, 0.4) is 0 Å². The number of pyridine rings is 1. The Hall–Kier alpha value is -2.23. The molecule has 0 saturated carbocycles. The van der Waals surface area contributed by atoms with Crippen LogP contribution in [0, 0.1) is 0 Å². The zero-order valence-electron chi connectivity index (χ0n) is 13.8. The summed E-state index contributed by atoms with van der Waals surface area (Å²) in [7, 11) is -1.73. The summed E-state index contributed by atoms with van der Waals surface area (Å²) in [6.07, 6.45) is 8.38. The largest absolute Gasteiger partial charge is 0.385 e. The van der Waals surface area contributed by atoms with Crippen molar-refractivity contribution in [2.75, 3.05) is 19.5 Å². The Morgan fingerprint density at radius 2 is 2.28 bits per heavy atom. The standard InChI is InChI=1S/C16H19N5O3S/c1-24-5-2-6-25(22,23)20-11-7-12(8-11)21-10-19-14-9-18-16-13(15(14)21)3-4-17-16/h3-4,7,9-11,20H,2,5-6,8H2,1H3,(H,17,18). The molecule has 0 aliphatic heterocycles. The molecule has 1 aliphatic carbocycles. The maximum Gasteiger partial charge on any atom is 0.212 e. The zero-order chi connectivity index (χ0) is 17.4. The third kappa shape index (κ3) is 3.06. The molecule has 132 valence electrons. The number of aromatic amines is 1. The number of hydrogen-bond acceptors (Lipinski definition) is 5. The van der Waals surface area contributed by atoms with Crippen molar-refractivity contribution < 1.29 is 13.2 Å². The van der Waals surface area contributed by atoms with Crippen LogP contribution in [0.25, 0.3) is 27.8 Å². The summed E-state index contributed by atoms with van der Waals surface area (Å²) in [5.74, 6) is 0.0736. The second kappa shape index (κ2) is 6.25. The van der Waals surface area contributed by atoms with Crippen molar-refractivity contribution >= 4 is 37.8 Å². The second-order valence-corrected chi connectivity index (χ2v) is 7.97. The first-order valence-corrected chi connectivity index (χ1v) is 9.72. The minimum absolute atomic E-state index is 0.0736. The number of fused-ring (bicyclic) bond motifs is 3. The Bertz CT molecular complexity index is 1050. The highest BCUT2D eigenvalue weighted by molar-refractivity contribution is 7.89. The first-order valence-electron chi connectivity index (χ1n) is 8.06. The number of rotatable bonds is 7. The molecule has 3 heterocycles. The van der Waals surface area contributed by atoms with E-state index in [1.807, 2.05) is 22.9 Å². The van der Waals surface area contributed by atoms with E-state index in [1.54, 1.807) is 19.6 Å². The van der Waals surface area contributed by atoms with Gasteiger partial charge in [0.05, 0.1) is 17.5 Å². The van der Waals surface area contributed by atoms with Crippen LogP contribution in [0.1, 0.15) is 12.8 Å². The summed E-state index contributed by atoms with van der Waals surface area (Å²) in [6.45, 7) is 0.439. The normalized spacial score (nSPS) is 17.8. The highest BCUT2D eigenvalue weighted by Crippen LogP contribution is 2.31. The molecular weight excluding hydrogens is 342 g/mol. The number of methoxy groups -OCH3 is 1. The van der Waals surface area contributed by atoms with Crippen molar-refractivity contribution in [1.82, 2.24) is 24.2 Å². The fourth-order valence-electron chi connectivity index (χ4n) is 3.09. The molecule has 0 bridgehead atoms. The maximum atomic E-state index is 12.0. The van der Waals surface area contributed by atoms with Gasteiger partial charge in [-0.05, 0) is 18.6 Å². The minimum atomic E-state index is -3.29. The first kappa shape index (κ1) is 16.2. The molecule has 25 heavy (non-hydrogen) atoms. The summed E-state index contributed by atoms with van der Waals surface area (Å²) in [5.41, 5.74) is 3.64. The zero-order valence-corrected chi connectivity index (χ0v) is 14.6. The predicted molar refractivity (Wildman–Crippen MR) is 95.5 cm³/mol. The van der Waals surface area contributed by atoms with E-state index in [0.29, 0.717) is 19.4 Å². The molecule has 8 nitrogen and oxygen atoms in total. The van der Waals surface area contributed by atoms with Gasteiger partial charge >= 0.3 is 0 Å². The molecule has 0 fully saturated rings. The Kier molecular flexibility index (Phi) is 4.06. The van der Waals surface area contributed by atoms with E-state index in [4.69, 9.17) is 4.74 Å². The highest BCUT2D eigenvalue weighted by Gasteiger charge is 2.26. The molecule has 3 aromatic heterocycles. The van der Waals surface area contributed by atoms with Crippen LogP contribution in [0.4, 0.5) is 0 Å². The van der Waals surface area contributed by atoms with E-state index in [0.717, 1.165) is 27.8 Å². The van der Waals surface area contributed by atoms with Crippen LogP contribution < -0.4 is 4.72 Å². The molecule has 2 N–H and O–H groups in total. The average Bonchev–Trinajstić information content (AvgIpc) is 3.16. The lowest BCUT2D eigenvalue weighted by molar-refractivity contribution is 0.199. The van der Waals surface area contributed by atoms with Crippen LogP contribution in [-0.2, 0) is 14.8 Å². The van der Waals surface area contributed by atoms with Crippen LogP contribution in [0.15, 0.2) is 30.9 Å². The smallest absolute Gasteiger partial charge is 0.212 e. The van der Waals surface area contributed by atoms with Gasteiger partial charge in [0.25, 0.3) is 0 Å². The number of sulfonamides is 1. The molecule has 0 spiro atoms. The van der Waals surface area contributed by atoms with E-state index in [9.17, 15) is 8.42 Å². The first-order chi connectivity index (χ1) is 12.1. The summed E-state index contributed by atoms with van der Waals surface area (Å²) in [4.78, 5) is 11.8. The topological polar surface area (TPSA) is 102 Å². The van der Waals surface area contributed by atoms with Gasteiger partial charge in [0.1, 0.15) is 17.5 Å². The van der Waals surface area contributed by atoms with E-state index >= 15 is 0 Å². The van der Waals surface area contributed by atoms with Gasteiger partial charge in [0.2, 0.25) is 10.0 Å². The number of aromatic nitrogens is 4. The summed E-state index contributed by atoms with van der Waals surface area (Å²) >= 11 is 0. The van der Waals surface area contributed by atoms with E-state index in [-0.39, 0.29) is 11.8 Å². The number of H-pyrrole nitrogens is 1. The van der Waals surface area contributed by atoms with Crippen molar-refractivity contribution in [1.29, 1.82) is 0 Å². The van der Waals surface area contributed by atoms with Crippen molar-refractivity contribution in [3.8, 4) is 0 Å². The Labute approximate surface area is 145 Å². The van der Waals surface area contributed by atoms with Gasteiger partial charge in [-0.3, -0.25) is 0 Å². The van der Waals surface area contributed by atoms with Gasteiger partial charge in [-0.2, -0.15) is 0 Å². The second-order valence-electron chi connectivity index (χ2n) is 6.10. The fraction of sp³-hybridized carbons (Fsp3) is 0.375. The summed E-state index contributed by atoms with van der Waals surface area (Å²) in [5, 5.41) is 1.000. The van der Waals surface area contributed by atoms with Gasteiger partial charge in [-0.25, -0.2) is 23.1 Å². The number of nitrogens with one attached hydrogen (secondary N) is 2. The lowest BCUT2D eigenvalue weighted by atomic mass is 10.00. The van der Waals surface area contributed by atoms with Gasteiger partial charge < -0.3 is 14.3 Å². The molecule has 4 rings (SSSR count). The monoisotopic (exact) mass is 361 g/mol. The summed E-state index contributed by atoms with van der Waals surface area (Å²) < 4.78 is 33.7. The van der Waals surface area contributed by atoms with Crippen LogP contribution >= 0.6 is 0 Å². The Morgan fingerprint density at radius 3 is 3.08 bits per heavy atom. The van der Waals surface area contributed by atoms with Crippen molar-refractivity contribution in [3.05, 3.63) is 30.9 Å². The minimum Gasteiger partial charge on any atom is -0.385 e. The van der Waals surface area contributed by atoms with E-state index in [1.165, 1.54) is 0 Å². The van der Waals surface area contributed by atoms with Crippen LogP contribution in [0.2, 0.25) is 0 Å². The highest BCUT2D eigenvalue weighted by atomic mass is 32.2. The summed E-state index contributed by atoms with van der Waals surface area (Å²) in [6, 6.07) is 1.79. The van der Waals surface area contributed by atoms with Gasteiger partial charge in [-0.15, -0.1) is 0 Å². The van der Waals surface area contributed by atoms with Gasteiger partial charge in [-0.1, -0.05) is 0 Å². The number of imidazole rings is 1. The molecule has 1 unspecified atom stereocenters. The Morgan fingerprint density at radius 1 is 1.44 bits per heavy atom. The third-order valence-corrected chi connectivity index (χ3v) is 5.80. The lowest BCUT2D eigenvalue weighted by Crippen LogP contribution is -2.39. The molecule has 0 aromatic carbocycles. The molecule has 0 amide bonds. The predicted octanol–water partition coefficient (Wildman–Crippen LogP) is 1.48. The number of ether oxygens (including phenoxy) is 1. The molecule has 1 aliphatic rings. The van der Waals surface area contributed by atoms with Crippen LogP contribution in [0.5, 0.6) is 0 Å². The van der Waals surface area contributed by atoms with Crippen molar-refractivity contribution in [2.45, 2.75) is 18.9 Å². The van der Waals surface area contributed by atoms with Crippen molar-refractivity contribution in [2.24, 2.45) is 0 Å². The Balaban J connectivity index is 1.54. The lowest BCUT2D eigenvalue weighted by Gasteiger charge is -2.27. The van der Waals surface area contributed by atoms with E-state index < -0.39 is 10.0 Å². The quantitative estimate of drug-likeness (QED) is 0.621. The average molecular weight is 361 g/mol. The number of nitrogens with zero attached hydrogens (tertiary/aromatic N) is 3. The molecule has 9 heteroatoms. The third-order valence-electron chi connectivity index (χ3n) is 4.32. The van der Waals surface area contributed by atoms with Crippen LogP contribution in [-0.4, -0.2) is 53.4 Å². The van der Waals surface area contributed by atoms with E-state index in [2.05, 4.69) is 19.7 Å². The van der Waals surface area contributed by atoms with Gasteiger partial charge in [0, 0.05) is 43.5 Å². The van der Waals surface area contributed by atoms with Crippen molar-refractivity contribution in [3.63, 3.8) is 0 Å². The molecule has 3 aromatic rings. The van der Waals surface area contributed by atoms with Gasteiger partial charge in [0.15, 0.2) is 0 Å². The number of hydrogen-bond donors (Lipinski definition) is 2. The molecule has 0 radical (unpaired) electrons.